The van der Waals surface area contributed by atoms with Crippen LogP contribution in [-0.4, -0.2) is 50.3 Å². The van der Waals surface area contributed by atoms with Crippen LogP contribution >= 0.6 is 0 Å². The molecule has 10 nitrogen and oxygen atoms in total. The van der Waals surface area contributed by atoms with Crippen LogP contribution in [0.1, 0.15) is 107 Å². The number of urea groups is 1. The SMILES string of the molecule is COc1c(CO)cc(C(C)(C)C)cc1NC(=O)N[C@H]1CC[C@@H](Oc2ccc3nnc([C@@H]4CCCN4C(C)C)n3c2)c2ccccc21. The summed E-state index contributed by atoms with van der Waals surface area (Å²) in [5.41, 5.74) is 4.88. The van der Waals surface area contributed by atoms with Gasteiger partial charge in [0, 0.05) is 11.6 Å². The standard InChI is InChI=1S/C36H46N6O4/c1-22(2)41-17-9-12-30(41)34-40-39-32-16-13-25(20-42(32)34)46-31-15-14-28(26-10-7-8-11-27(26)31)37-35(44)38-29-19-24(36(3,4)5)18-23(21-43)33(29)45-6/h7-8,10-11,13,16,18-20,22,28,30-31,43H,9,12,14-15,17,21H2,1-6H3,(H2,37,38,44)/t28-,30-,31+/m0/s1. The number of methoxy groups -OCH3 is 1. The van der Waals surface area contributed by atoms with Gasteiger partial charge in [0.05, 0.1) is 37.7 Å². The zero-order valence-electron chi connectivity index (χ0n) is 27.7. The Balaban J connectivity index is 1.20. The minimum absolute atomic E-state index is 0.163. The van der Waals surface area contributed by atoms with Crippen molar-refractivity contribution in [1.29, 1.82) is 0 Å². The van der Waals surface area contributed by atoms with E-state index in [1.165, 1.54) is 0 Å². The molecule has 1 saturated heterocycles. The average Bonchev–Trinajstić information content (AvgIpc) is 3.68. The summed E-state index contributed by atoms with van der Waals surface area (Å²) in [4.78, 5) is 15.9. The molecular formula is C36H46N6O4. The lowest BCUT2D eigenvalue weighted by Crippen LogP contribution is -2.35. The lowest BCUT2D eigenvalue weighted by molar-refractivity contribution is 0.171. The zero-order valence-corrected chi connectivity index (χ0v) is 27.7. The minimum Gasteiger partial charge on any atom is -0.494 e. The van der Waals surface area contributed by atoms with Gasteiger partial charge in [-0.1, -0.05) is 45.0 Å². The second-order valence-corrected chi connectivity index (χ2v) is 13.7. The largest absolute Gasteiger partial charge is 0.494 e. The van der Waals surface area contributed by atoms with Gasteiger partial charge in [-0.15, -0.1) is 10.2 Å². The maximum atomic E-state index is 13.4. The number of carbonyl (C=O) groups excluding carboxylic acids is 1. The topological polar surface area (TPSA) is 113 Å². The summed E-state index contributed by atoms with van der Waals surface area (Å²) in [5.74, 6) is 2.18. The predicted molar refractivity (Wildman–Crippen MR) is 178 cm³/mol. The Hall–Kier alpha value is -4.15. The number of anilines is 1. The first-order chi connectivity index (χ1) is 22.1. The molecule has 244 valence electrons. The van der Waals surface area contributed by atoms with Gasteiger partial charge >= 0.3 is 6.03 Å². The molecule has 1 aliphatic carbocycles. The van der Waals surface area contributed by atoms with Crippen LogP contribution in [0.25, 0.3) is 5.65 Å². The number of aliphatic hydroxyl groups is 1. The molecule has 2 amide bonds. The fourth-order valence-electron chi connectivity index (χ4n) is 6.95. The van der Waals surface area contributed by atoms with Crippen LogP contribution in [0, 0.1) is 0 Å². The minimum atomic E-state index is -0.333. The van der Waals surface area contributed by atoms with Crippen LogP contribution in [-0.2, 0) is 12.0 Å². The Bertz CT molecular complexity index is 1710. The lowest BCUT2D eigenvalue weighted by atomic mass is 9.85. The van der Waals surface area contributed by atoms with E-state index in [9.17, 15) is 9.90 Å². The molecule has 3 N–H and O–H groups in total. The van der Waals surface area contributed by atoms with Crippen molar-refractivity contribution in [2.45, 2.75) is 96.6 Å². The third kappa shape index (κ3) is 6.28. The molecular weight excluding hydrogens is 580 g/mol. The Morgan fingerprint density at radius 1 is 1.07 bits per heavy atom. The van der Waals surface area contributed by atoms with Gasteiger partial charge in [-0.2, -0.15) is 0 Å². The van der Waals surface area contributed by atoms with Crippen molar-refractivity contribution >= 4 is 17.4 Å². The number of pyridine rings is 1. The van der Waals surface area contributed by atoms with Crippen molar-refractivity contribution in [3.63, 3.8) is 0 Å². The van der Waals surface area contributed by atoms with Gasteiger partial charge in [0.15, 0.2) is 11.5 Å². The Labute approximate surface area is 271 Å². The molecule has 0 spiro atoms. The number of likely N-dealkylation sites (tertiary alicyclic amines) is 1. The zero-order chi connectivity index (χ0) is 32.6. The number of nitrogens with one attached hydrogen (secondary N) is 2. The highest BCUT2D eigenvalue weighted by Gasteiger charge is 2.33. The average molecular weight is 627 g/mol. The predicted octanol–water partition coefficient (Wildman–Crippen LogP) is 6.85. The summed E-state index contributed by atoms with van der Waals surface area (Å²) < 4.78 is 14.3. The van der Waals surface area contributed by atoms with Crippen molar-refractivity contribution < 1.29 is 19.4 Å². The number of hydrogen-bond donors (Lipinski definition) is 3. The number of amides is 2. The molecule has 0 saturated carbocycles. The molecule has 0 unspecified atom stereocenters. The second-order valence-electron chi connectivity index (χ2n) is 13.7. The van der Waals surface area contributed by atoms with Crippen molar-refractivity contribution in [2.75, 3.05) is 19.0 Å². The molecule has 1 aliphatic heterocycles. The van der Waals surface area contributed by atoms with Gasteiger partial charge in [-0.05, 0) is 92.4 Å². The summed E-state index contributed by atoms with van der Waals surface area (Å²) in [6.07, 6.45) is 5.52. The van der Waals surface area contributed by atoms with Crippen LogP contribution in [0.4, 0.5) is 10.5 Å². The van der Waals surface area contributed by atoms with Crippen molar-refractivity contribution in [1.82, 2.24) is 24.8 Å². The summed E-state index contributed by atoms with van der Waals surface area (Å²) in [6, 6.07) is 16.1. The Morgan fingerprint density at radius 2 is 1.85 bits per heavy atom. The summed E-state index contributed by atoms with van der Waals surface area (Å²) in [7, 11) is 1.54. The smallest absolute Gasteiger partial charge is 0.319 e. The third-order valence-electron chi connectivity index (χ3n) is 9.33. The first-order valence-corrected chi connectivity index (χ1v) is 16.3. The van der Waals surface area contributed by atoms with E-state index in [0.717, 1.165) is 59.7 Å². The maximum Gasteiger partial charge on any atom is 0.319 e. The molecule has 2 aromatic heterocycles. The highest BCUT2D eigenvalue weighted by molar-refractivity contribution is 5.92. The van der Waals surface area contributed by atoms with Crippen LogP contribution < -0.4 is 20.1 Å². The summed E-state index contributed by atoms with van der Waals surface area (Å²) in [5, 5.41) is 25.2. The van der Waals surface area contributed by atoms with Gasteiger partial charge < -0.3 is 25.2 Å². The van der Waals surface area contributed by atoms with E-state index in [-0.39, 0.29) is 36.2 Å². The third-order valence-corrected chi connectivity index (χ3v) is 9.33. The summed E-state index contributed by atoms with van der Waals surface area (Å²) in [6.45, 7) is 11.6. The number of nitrogens with zero attached hydrogens (tertiary/aromatic N) is 4. The molecule has 0 radical (unpaired) electrons. The molecule has 2 aliphatic rings. The lowest BCUT2D eigenvalue weighted by Gasteiger charge is -2.32. The number of aliphatic hydroxyl groups excluding tert-OH is 1. The number of hydrogen-bond acceptors (Lipinski definition) is 7. The highest BCUT2D eigenvalue weighted by atomic mass is 16.5. The first-order valence-electron chi connectivity index (χ1n) is 16.3. The van der Waals surface area contributed by atoms with Gasteiger partial charge in [0.2, 0.25) is 0 Å². The van der Waals surface area contributed by atoms with E-state index < -0.39 is 0 Å². The molecule has 1 fully saturated rings. The molecule has 2 aromatic carbocycles. The summed E-state index contributed by atoms with van der Waals surface area (Å²) >= 11 is 0. The van der Waals surface area contributed by atoms with E-state index in [1.54, 1.807) is 7.11 Å². The molecule has 10 heteroatoms. The van der Waals surface area contributed by atoms with Crippen molar-refractivity contribution in [3.8, 4) is 11.5 Å². The number of fused-ring (bicyclic) bond motifs is 2. The van der Waals surface area contributed by atoms with E-state index in [4.69, 9.17) is 9.47 Å². The number of carbonyl (C=O) groups is 1. The Kier molecular flexibility index (Phi) is 8.94. The van der Waals surface area contributed by atoms with E-state index in [0.29, 0.717) is 29.5 Å². The van der Waals surface area contributed by atoms with E-state index in [1.807, 2.05) is 42.6 Å². The second kappa shape index (κ2) is 12.9. The van der Waals surface area contributed by atoms with E-state index in [2.05, 4.69) is 76.9 Å². The van der Waals surface area contributed by atoms with Gasteiger partial charge in [-0.25, -0.2) is 4.79 Å². The number of rotatable bonds is 8. The van der Waals surface area contributed by atoms with Crippen molar-refractivity contribution in [2.24, 2.45) is 0 Å². The molecule has 46 heavy (non-hydrogen) atoms. The quantitative estimate of drug-likeness (QED) is 0.196. The molecule has 3 heterocycles. The molecule has 0 bridgehead atoms. The van der Waals surface area contributed by atoms with Gasteiger partial charge in [0.1, 0.15) is 17.6 Å². The monoisotopic (exact) mass is 626 g/mol. The van der Waals surface area contributed by atoms with Crippen LogP contribution in [0.3, 0.4) is 0 Å². The highest BCUT2D eigenvalue weighted by Crippen LogP contribution is 2.40. The molecule has 6 rings (SSSR count). The van der Waals surface area contributed by atoms with Gasteiger partial charge in [0.25, 0.3) is 0 Å². The maximum absolute atomic E-state index is 13.4. The van der Waals surface area contributed by atoms with Crippen LogP contribution in [0.2, 0.25) is 0 Å². The molecule has 3 atom stereocenters. The van der Waals surface area contributed by atoms with E-state index >= 15 is 0 Å². The number of ether oxygens (including phenoxy) is 2. The van der Waals surface area contributed by atoms with Crippen molar-refractivity contribution in [3.05, 3.63) is 82.8 Å². The first kappa shape index (κ1) is 31.8. The number of benzene rings is 2. The molecule has 4 aromatic rings. The Morgan fingerprint density at radius 3 is 2.57 bits per heavy atom. The fraction of sp³-hybridized carbons (Fsp3) is 0.472. The normalized spacial score (nSPS) is 20.1. The van der Waals surface area contributed by atoms with Gasteiger partial charge in [-0.3, -0.25) is 9.30 Å². The van der Waals surface area contributed by atoms with Crippen LogP contribution in [0.15, 0.2) is 54.7 Å². The van der Waals surface area contributed by atoms with Crippen LogP contribution in [0.5, 0.6) is 11.5 Å². The fourth-order valence-corrected chi connectivity index (χ4v) is 6.95. The number of aromatic nitrogens is 3.